The van der Waals surface area contributed by atoms with Crippen molar-refractivity contribution in [1.82, 2.24) is 20.1 Å². The summed E-state index contributed by atoms with van der Waals surface area (Å²) in [6.07, 6.45) is 8.29. The number of hydrogen-bond donors (Lipinski definition) is 1. The van der Waals surface area contributed by atoms with Crippen LogP contribution < -0.4 is 10.1 Å². The van der Waals surface area contributed by atoms with Crippen LogP contribution in [0.5, 0.6) is 5.88 Å². The van der Waals surface area contributed by atoms with E-state index in [0.717, 1.165) is 43.5 Å². The summed E-state index contributed by atoms with van der Waals surface area (Å²) < 4.78 is 5.54. The van der Waals surface area contributed by atoms with Crippen LogP contribution in [-0.2, 0) is 6.54 Å². The van der Waals surface area contributed by atoms with E-state index in [9.17, 15) is 0 Å². The molecule has 27 heavy (non-hydrogen) atoms. The van der Waals surface area contributed by atoms with E-state index in [1.165, 1.54) is 45.3 Å². The fourth-order valence-electron chi connectivity index (χ4n) is 4.00. The minimum Gasteiger partial charge on any atom is -0.478 e. The summed E-state index contributed by atoms with van der Waals surface area (Å²) in [5, 5.41) is 3.50. The van der Waals surface area contributed by atoms with Gasteiger partial charge in [0.2, 0.25) is 5.88 Å². The average molecular weight is 374 g/mol. The van der Waals surface area contributed by atoms with Gasteiger partial charge in [-0.15, -0.1) is 0 Å². The Labute approximate surface area is 164 Å². The van der Waals surface area contributed by atoms with Gasteiger partial charge in [0.05, 0.1) is 6.61 Å². The van der Waals surface area contributed by atoms with Gasteiger partial charge in [-0.2, -0.15) is 0 Å². The third kappa shape index (κ3) is 6.09. The molecule has 1 aromatic heterocycles. The maximum absolute atomic E-state index is 5.54. The Hall–Kier alpha value is -1.82. The first-order valence-corrected chi connectivity index (χ1v) is 10.5. The molecule has 2 fully saturated rings. The molecule has 0 saturated carbocycles. The SMILES string of the molecule is CCCOc1ccc(CNC(=NC)N2CCC(CN3CCCCC3)C2)cn1. The number of nitrogens with one attached hydrogen (secondary N) is 1. The molecule has 0 spiro atoms. The molecular weight excluding hydrogens is 338 g/mol. The predicted octanol–water partition coefficient (Wildman–Crippen LogP) is 2.75. The molecule has 150 valence electrons. The van der Waals surface area contributed by atoms with Gasteiger partial charge in [-0.25, -0.2) is 4.98 Å². The standard InChI is InChI=1S/C21H35N5O/c1-3-13-27-20-8-7-18(14-23-20)15-24-21(22-2)26-12-9-19(17-26)16-25-10-5-4-6-11-25/h7-8,14,19H,3-6,9-13,15-17H2,1-2H3,(H,22,24). The van der Waals surface area contributed by atoms with Crippen LogP contribution in [0, 0.1) is 5.92 Å². The molecule has 0 amide bonds. The molecule has 2 aliphatic rings. The van der Waals surface area contributed by atoms with Gasteiger partial charge < -0.3 is 19.9 Å². The van der Waals surface area contributed by atoms with Crippen LogP contribution in [0.2, 0.25) is 0 Å². The van der Waals surface area contributed by atoms with E-state index in [1.54, 1.807) is 0 Å². The zero-order chi connectivity index (χ0) is 18.9. The molecule has 0 aliphatic carbocycles. The Morgan fingerprint density at radius 2 is 2.11 bits per heavy atom. The van der Waals surface area contributed by atoms with Crippen LogP contribution in [0.15, 0.2) is 23.3 Å². The number of rotatable bonds is 7. The molecule has 1 unspecified atom stereocenters. The largest absolute Gasteiger partial charge is 0.478 e. The van der Waals surface area contributed by atoms with Crippen molar-refractivity contribution in [3.63, 3.8) is 0 Å². The van der Waals surface area contributed by atoms with Gasteiger partial charge in [0.15, 0.2) is 5.96 Å². The van der Waals surface area contributed by atoms with Gasteiger partial charge in [-0.05, 0) is 50.3 Å². The lowest BCUT2D eigenvalue weighted by molar-refractivity contribution is 0.198. The minimum atomic E-state index is 0.699. The first kappa shape index (κ1) is 19.9. The molecule has 0 bridgehead atoms. The van der Waals surface area contributed by atoms with Crippen LogP contribution >= 0.6 is 0 Å². The first-order chi connectivity index (χ1) is 13.3. The van der Waals surface area contributed by atoms with Gasteiger partial charge in [0.1, 0.15) is 0 Å². The molecule has 1 atom stereocenters. The molecule has 1 N–H and O–H groups in total. The van der Waals surface area contributed by atoms with Crippen LogP contribution in [0.4, 0.5) is 0 Å². The van der Waals surface area contributed by atoms with Crippen molar-refractivity contribution in [2.24, 2.45) is 10.9 Å². The number of piperidine rings is 1. The highest BCUT2D eigenvalue weighted by atomic mass is 16.5. The topological polar surface area (TPSA) is 53.0 Å². The molecular formula is C21H35N5O. The normalized spacial score (nSPS) is 21.5. The van der Waals surface area contributed by atoms with Gasteiger partial charge in [0, 0.05) is 45.5 Å². The summed E-state index contributed by atoms with van der Waals surface area (Å²) in [6, 6.07) is 4.02. The zero-order valence-electron chi connectivity index (χ0n) is 17.0. The molecule has 6 heteroatoms. The van der Waals surface area contributed by atoms with Crippen molar-refractivity contribution in [3.8, 4) is 5.88 Å². The second-order valence-electron chi connectivity index (χ2n) is 7.72. The Kier molecular flexibility index (Phi) is 7.75. The van der Waals surface area contributed by atoms with E-state index in [4.69, 9.17) is 4.74 Å². The number of guanidine groups is 1. The highest BCUT2D eigenvalue weighted by Gasteiger charge is 2.26. The Morgan fingerprint density at radius 1 is 1.26 bits per heavy atom. The van der Waals surface area contributed by atoms with Crippen LogP contribution in [0.3, 0.4) is 0 Å². The molecule has 6 nitrogen and oxygen atoms in total. The average Bonchev–Trinajstić information content (AvgIpc) is 3.17. The van der Waals surface area contributed by atoms with Crippen molar-refractivity contribution in [2.75, 3.05) is 46.4 Å². The van der Waals surface area contributed by atoms with Crippen LogP contribution in [0.1, 0.15) is 44.6 Å². The quantitative estimate of drug-likeness (QED) is 0.588. The molecule has 0 aromatic carbocycles. The smallest absolute Gasteiger partial charge is 0.213 e. The lowest BCUT2D eigenvalue weighted by atomic mass is 10.1. The van der Waals surface area contributed by atoms with Gasteiger partial charge >= 0.3 is 0 Å². The van der Waals surface area contributed by atoms with Gasteiger partial charge in [0.25, 0.3) is 0 Å². The molecule has 3 rings (SSSR count). The second-order valence-corrected chi connectivity index (χ2v) is 7.72. The number of pyridine rings is 1. The van der Waals surface area contributed by atoms with E-state index in [-0.39, 0.29) is 0 Å². The summed E-state index contributed by atoms with van der Waals surface area (Å²) in [7, 11) is 1.88. The molecule has 0 radical (unpaired) electrons. The van der Waals surface area contributed by atoms with Crippen LogP contribution in [-0.4, -0.2) is 67.1 Å². The van der Waals surface area contributed by atoms with E-state index >= 15 is 0 Å². The van der Waals surface area contributed by atoms with Crippen molar-refractivity contribution in [1.29, 1.82) is 0 Å². The highest BCUT2D eigenvalue weighted by molar-refractivity contribution is 5.80. The lowest BCUT2D eigenvalue weighted by Crippen LogP contribution is -2.41. The maximum atomic E-state index is 5.54. The van der Waals surface area contributed by atoms with Crippen molar-refractivity contribution in [3.05, 3.63) is 23.9 Å². The van der Waals surface area contributed by atoms with Gasteiger partial charge in [-0.1, -0.05) is 19.4 Å². The van der Waals surface area contributed by atoms with E-state index < -0.39 is 0 Å². The third-order valence-electron chi connectivity index (χ3n) is 5.46. The molecule has 1 aromatic rings. The van der Waals surface area contributed by atoms with E-state index in [0.29, 0.717) is 12.5 Å². The number of nitrogens with zero attached hydrogens (tertiary/aromatic N) is 4. The van der Waals surface area contributed by atoms with Crippen molar-refractivity contribution in [2.45, 2.75) is 45.6 Å². The fraction of sp³-hybridized carbons (Fsp3) is 0.714. The first-order valence-electron chi connectivity index (χ1n) is 10.5. The number of aliphatic imine (C=N–C) groups is 1. The number of likely N-dealkylation sites (tertiary alicyclic amines) is 2. The molecule has 2 saturated heterocycles. The Morgan fingerprint density at radius 3 is 2.81 bits per heavy atom. The van der Waals surface area contributed by atoms with Crippen molar-refractivity contribution >= 4 is 5.96 Å². The van der Waals surface area contributed by atoms with E-state index in [1.807, 2.05) is 19.3 Å². The lowest BCUT2D eigenvalue weighted by Gasteiger charge is -2.29. The number of hydrogen-bond acceptors (Lipinski definition) is 4. The molecule has 3 heterocycles. The summed E-state index contributed by atoms with van der Waals surface area (Å²) in [5.41, 5.74) is 1.14. The minimum absolute atomic E-state index is 0.699. The predicted molar refractivity (Wildman–Crippen MR) is 110 cm³/mol. The maximum Gasteiger partial charge on any atom is 0.213 e. The van der Waals surface area contributed by atoms with Crippen molar-refractivity contribution < 1.29 is 4.74 Å². The monoisotopic (exact) mass is 373 g/mol. The second kappa shape index (κ2) is 10.5. The fourth-order valence-corrected chi connectivity index (χ4v) is 4.00. The Bertz CT molecular complexity index is 583. The highest BCUT2D eigenvalue weighted by Crippen LogP contribution is 2.20. The summed E-state index contributed by atoms with van der Waals surface area (Å²) >= 11 is 0. The number of aromatic nitrogens is 1. The third-order valence-corrected chi connectivity index (χ3v) is 5.46. The Balaban J connectivity index is 1.43. The molecule has 2 aliphatic heterocycles. The summed E-state index contributed by atoms with van der Waals surface area (Å²) in [6.45, 7) is 9.57. The van der Waals surface area contributed by atoms with Crippen LogP contribution in [0.25, 0.3) is 0 Å². The van der Waals surface area contributed by atoms with Gasteiger partial charge in [-0.3, -0.25) is 4.99 Å². The summed E-state index contributed by atoms with van der Waals surface area (Å²) in [4.78, 5) is 13.9. The van der Waals surface area contributed by atoms with E-state index in [2.05, 4.69) is 38.1 Å². The summed E-state index contributed by atoms with van der Waals surface area (Å²) in [5.74, 6) is 2.46. The number of ether oxygens (including phenoxy) is 1. The zero-order valence-corrected chi connectivity index (χ0v) is 17.0.